The van der Waals surface area contributed by atoms with Gasteiger partial charge in [-0.1, -0.05) is 12.1 Å². The first kappa shape index (κ1) is 13.5. The Hall–Kier alpha value is -1.43. The van der Waals surface area contributed by atoms with Crippen LogP contribution in [0.4, 0.5) is 5.69 Å². The lowest BCUT2D eigenvalue weighted by Gasteiger charge is -2.36. The van der Waals surface area contributed by atoms with Crippen molar-refractivity contribution in [2.45, 2.75) is 6.04 Å². The third-order valence-corrected chi connectivity index (χ3v) is 4.81. The second-order valence-corrected chi connectivity index (χ2v) is 6.34. The van der Waals surface area contributed by atoms with E-state index in [1.54, 1.807) is 11.3 Å². The number of rotatable bonds is 2. The highest BCUT2D eigenvalue weighted by atomic mass is 32.1. The van der Waals surface area contributed by atoms with Crippen molar-refractivity contribution in [2.24, 2.45) is 0 Å². The normalized spacial score (nSPS) is 21.2. The highest BCUT2D eigenvalue weighted by Crippen LogP contribution is 2.30. The van der Waals surface area contributed by atoms with Crippen LogP contribution in [0.15, 0.2) is 29.6 Å². The molecule has 1 aromatic carbocycles. The van der Waals surface area contributed by atoms with Gasteiger partial charge in [-0.25, -0.2) is 4.98 Å². The molecule has 4 nitrogen and oxygen atoms in total. The molecule has 5 heteroatoms. The van der Waals surface area contributed by atoms with E-state index in [9.17, 15) is 0 Å². The fraction of sp³-hybridized carbons (Fsp3) is 0.400. The van der Waals surface area contributed by atoms with E-state index in [0.29, 0.717) is 6.04 Å². The minimum Gasteiger partial charge on any atom is -0.399 e. The zero-order valence-electron chi connectivity index (χ0n) is 11.9. The molecule has 0 spiro atoms. The van der Waals surface area contributed by atoms with Gasteiger partial charge in [-0.15, -0.1) is 11.3 Å². The number of hydrogen-bond acceptors (Lipinski definition) is 5. The number of nitrogens with two attached hydrogens (primary N) is 1. The second-order valence-electron chi connectivity index (χ2n) is 5.45. The Balaban J connectivity index is 1.84. The first-order valence-corrected chi connectivity index (χ1v) is 7.71. The molecule has 3 rings (SSSR count). The summed E-state index contributed by atoms with van der Waals surface area (Å²) in [4.78, 5) is 9.59. The molecule has 1 atom stereocenters. The molecule has 1 aromatic heterocycles. The summed E-state index contributed by atoms with van der Waals surface area (Å²) in [5.74, 6) is 0. The van der Waals surface area contributed by atoms with Crippen molar-refractivity contribution >= 4 is 17.0 Å². The maximum atomic E-state index is 5.73. The fourth-order valence-electron chi connectivity index (χ4n) is 2.50. The Kier molecular flexibility index (Phi) is 3.74. The van der Waals surface area contributed by atoms with Crippen LogP contribution >= 0.6 is 11.3 Å². The number of anilines is 1. The molecule has 106 valence electrons. The molecule has 2 N–H and O–H groups in total. The Morgan fingerprint density at radius 3 is 2.70 bits per heavy atom. The maximum Gasteiger partial charge on any atom is 0.112 e. The van der Waals surface area contributed by atoms with Gasteiger partial charge in [-0.2, -0.15) is 0 Å². The predicted molar refractivity (Wildman–Crippen MR) is 84.8 cm³/mol. The molecule has 0 saturated carbocycles. The van der Waals surface area contributed by atoms with Gasteiger partial charge in [-0.05, 0) is 26.2 Å². The van der Waals surface area contributed by atoms with Crippen LogP contribution in [0, 0.1) is 0 Å². The summed E-state index contributed by atoms with van der Waals surface area (Å²) in [6, 6.07) is 8.32. The molecular formula is C15H20N4S. The number of benzene rings is 1. The van der Waals surface area contributed by atoms with Crippen LogP contribution in [-0.4, -0.2) is 48.5 Å². The highest BCUT2D eigenvalue weighted by molar-refractivity contribution is 7.10. The molecule has 1 unspecified atom stereocenters. The second kappa shape index (κ2) is 5.52. The number of likely N-dealkylation sites (N-methyl/N-ethyl adjacent to an activating group) is 2. The first-order chi connectivity index (χ1) is 9.63. The molecular weight excluding hydrogens is 268 g/mol. The van der Waals surface area contributed by atoms with Crippen molar-refractivity contribution in [2.75, 3.05) is 39.5 Å². The number of hydrogen-bond donors (Lipinski definition) is 1. The van der Waals surface area contributed by atoms with Gasteiger partial charge in [0.15, 0.2) is 0 Å². The van der Waals surface area contributed by atoms with E-state index in [4.69, 9.17) is 10.7 Å². The van der Waals surface area contributed by atoms with Gasteiger partial charge in [0, 0.05) is 36.3 Å². The number of piperazine rings is 1. The quantitative estimate of drug-likeness (QED) is 0.861. The summed E-state index contributed by atoms with van der Waals surface area (Å²) in [6.07, 6.45) is 0. The van der Waals surface area contributed by atoms with E-state index in [1.165, 1.54) is 5.01 Å². The number of nitrogen functional groups attached to an aromatic ring is 1. The summed E-state index contributed by atoms with van der Waals surface area (Å²) >= 11 is 1.75. The first-order valence-electron chi connectivity index (χ1n) is 6.83. The third-order valence-electron chi connectivity index (χ3n) is 3.86. The lowest BCUT2D eigenvalue weighted by Crippen LogP contribution is -2.44. The molecule has 0 amide bonds. The standard InChI is InChI=1S/C15H20N4S/c1-18-7-8-19(2)14(9-18)15-17-13(10-20-15)11-3-5-12(16)6-4-11/h3-6,10,14H,7-9,16H2,1-2H3. The average molecular weight is 288 g/mol. The fourth-order valence-corrected chi connectivity index (χ4v) is 3.49. The number of nitrogens with zero attached hydrogens (tertiary/aromatic N) is 3. The topological polar surface area (TPSA) is 45.4 Å². The lowest BCUT2D eigenvalue weighted by atomic mass is 10.1. The van der Waals surface area contributed by atoms with Crippen LogP contribution in [0.1, 0.15) is 11.0 Å². The molecule has 0 bridgehead atoms. The van der Waals surface area contributed by atoms with Gasteiger partial charge >= 0.3 is 0 Å². The van der Waals surface area contributed by atoms with Crippen LogP contribution < -0.4 is 5.73 Å². The Labute approximate surface area is 123 Å². The van der Waals surface area contributed by atoms with Crippen molar-refractivity contribution in [3.8, 4) is 11.3 Å². The van der Waals surface area contributed by atoms with Crippen molar-refractivity contribution in [3.05, 3.63) is 34.7 Å². The molecule has 1 aliphatic heterocycles. The van der Waals surface area contributed by atoms with Crippen LogP contribution in [0.3, 0.4) is 0 Å². The van der Waals surface area contributed by atoms with Crippen LogP contribution in [0.2, 0.25) is 0 Å². The molecule has 1 saturated heterocycles. The zero-order valence-corrected chi connectivity index (χ0v) is 12.7. The highest BCUT2D eigenvalue weighted by Gasteiger charge is 2.26. The van der Waals surface area contributed by atoms with Gasteiger partial charge in [-0.3, -0.25) is 4.90 Å². The lowest BCUT2D eigenvalue weighted by molar-refractivity contribution is 0.115. The summed E-state index contributed by atoms with van der Waals surface area (Å²) < 4.78 is 0. The monoisotopic (exact) mass is 288 g/mol. The number of aromatic nitrogens is 1. The largest absolute Gasteiger partial charge is 0.399 e. The Bertz CT molecular complexity index is 578. The minimum absolute atomic E-state index is 0.404. The van der Waals surface area contributed by atoms with E-state index in [-0.39, 0.29) is 0 Å². The van der Waals surface area contributed by atoms with Gasteiger partial charge in [0.25, 0.3) is 0 Å². The maximum absolute atomic E-state index is 5.73. The third kappa shape index (κ3) is 2.70. The van der Waals surface area contributed by atoms with Crippen LogP contribution in [-0.2, 0) is 0 Å². The summed E-state index contributed by atoms with van der Waals surface area (Å²) in [6.45, 7) is 3.27. The molecule has 20 heavy (non-hydrogen) atoms. The van der Waals surface area contributed by atoms with Crippen LogP contribution in [0.25, 0.3) is 11.3 Å². The van der Waals surface area contributed by atoms with Crippen molar-refractivity contribution in [3.63, 3.8) is 0 Å². The predicted octanol–water partition coefficient (Wildman–Crippen LogP) is 2.31. The van der Waals surface area contributed by atoms with Gasteiger partial charge in [0.05, 0.1) is 11.7 Å². The van der Waals surface area contributed by atoms with Crippen molar-refractivity contribution in [1.29, 1.82) is 0 Å². The molecule has 1 aliphatic rings. The Morgan fingerprint density at radius 2 is 1.95 bits per heavy atom. The molecule has 1 fully saturated rings. The van der Waals surface area contributed by atoms with E-state index in [2.05, 4.69) is 29.3 Å². The van der Waals surface area contributed by atoms with E-state index in [1.807, 2.05) is 24.3 Å². The Morgan fingerprint density at radius 1 is 1.20 bits per heavy atom. The molecule has 2 aromatic rings. The average Bonchev–Trinajstić information content (AvgIpc) is 2.92. The van der Waals surface area contributed by atoms with Crippen molar-refractivity contribution in [1.82, 2.24) is 14.8 Å². The van der Waals surface area contributed by atoms with Gasteiger partial charge in [0.1, 0.15) is 5.01 Å². The van der Waals surface area contributed by atoms with Gasteiger partial charge < -0.3 is 10.6 Å². The summed E-state index contributed by atoms with van der Waals surface area (Å²) in [5.41, 5.74) is 8.70. The molecule has 0 radical (unpaired) electrons. The van der Waals surface area contributed by atoms with E-state index < -0.39 is 0 Å². The minimum atomic E-state index is 0.404. The van der Waals surface area contributed by atoms with Crippen molar-refractivity contribution < 1.29 is 0 Å². The molecule has 2 heterocycles. The SMILES string of the molecule is CN1CCN(C)C(c2nc(-c3ccc(N)cc3)cs2)C1. The zero-order chi connectivity index (χ0) is 14.1. The summed E-state index contributed by atoms with van der Waals surface area (Å²) in [7, 11) is 4.36. The summed E-state index contributed by atoms with van der Waals surface area (Å²) in [5, 5.41) is 3.34. The van der Waals surface area contributed by atoms with Gasteiger partial charge in [0.2, 0.25) is 0 Å². The smallest absolute Gasteiger partial charge is 0.112 e. The van der Waals surface area contributed by atoms with E-state index in [0.717, 1.165) is 36.6 Å². The number of thiazole rings is 1. The van der Waals surface area contributed by atoms with E-state index >= 15 is 0 Å². The van der Waals surface area contributed by atoms with Crippen LogP contribution in [0.5, 0.6) is 0 Å². The molecule has 0 aliphatic carbocycles.